The number of aromatic nitrogens is 3. The molecule has 3 heterocycles. The summed E-state index contributed by atoms with van der Waals surface area (Å²) in [6.45, 7) is 6.46. The molecule has 5 fully saturated rings. The van der Waals surface area contributed by atoms with Gasteiger partial charge in [0.05, 0.1) is 18.6 Å². The maximum atomic E-state index is 13.1. The van der Waals surface area contributed by atoms with Crippen molar-refractivity contribution in [1.82, 2.24) is 24.8 Å². The van der Waals surface area contributed by atoms with Crippen LogP contribution in [-0.4, -0.2) is 72.9 Å². The average molecular weight is 655 g/mol. The topological polar surface area (TPSA) is 118 Å². The Balaban J connectivity index is 0.920. The fourth-order valence-electron chi connectivity index (χ4n) is 8.74. The third-order valence-electron chi connectivity index (χ3n) is 10.3. The van der Waals surface area contributed by atoms with Gasteiger partial charge in [-0.05, 0) is 98.4 Å². The molecule has 1 aliphatic heterocycles. The molecule has 4 bridgehead atoms. The quantitative estimate of drug-likeness (QED) is 0.338. The van der Waals surface area contributed by atoms with Crippen molar-refractivity contribution in [3.05, 3.63) is 77.2 Å². The fourth-order valence-corrected chi connectivity index (χ4v) is 10.4. The number of amides is 1. The fraction of sp³-hybridized carbons (Fsp3) is 0.500. The minimum atomic E-state index is -3.78. The summed E-state index contributed by atoms with van der Waals surface area (Å²) in [7, 11) is -3.78. The second kappa shape index (κ2) is 13.2. The Kier molecular flexibility index (Phi) is 8.90. The van der Waals surface area contributed by atoms with E-state index in [1.54, 1.807) is 24.5 Å². The first-order valence-electron chi connectivity index (χ1n) is 16.8. The van der Waals surface area contributed by atoms with Crippen LogP contribution >= 0.6 is 0 Å². The van der Waals surface area contributed by atoms with E-state index in [1.165, 1.54) is 19.3 Å². The minimum Gasteiger partial charge on any atom is -0.492 e. The van der Waals surface area contributed by atoms with Gasteiger partial charge in [-0.2, -0.15) is 0 Å². The lowest BCUT2D eigenvalue weighted by Gasteiger charge is -2.56. The summed E-state index contributed by atoms with van der Waals surface area (Å²) in [6.07, 6.45) is 10.1. The Morgan fingerprint density at radius 1 is 0.957 bits per heavy atom. The normalized spacial score (nSPS) is 25.2. The van der Waals surface area contributed by atoms with Crippen LogP contribution in [0.15, 0.2) is 54.9 Å². The highest BCUT2D eigenvalue weighted by atomic mass is 32.2. The van der Waals surface area contributed by atoms with E-state index < -0.39 is 15.9 Å². The van der Waals surface area contributed by atoms with E-state index in [9.17, 15) is 13.2 Å². The van der Waals surface area contributed by atoms with E-state index in [2.05, 4.69) is 47.6 Å². The van der Waals surface area contributed by atoms with Gasteiger partial charge in [0.1, 0.15) is 5.75 Å². The first-order chi connectivity index (χ1) is 22.7. The number of pyridine rings is 1. The zero-order valence-electron chi connectivity index (χ0n) is 26.9. The van der Waals surface area contributed by atoms with Gasteiger partial charge in [-0.25, -0.2) is 13.1 Å². The Hall–Kier alpha value is -4.01. The lowest BCUT2D eigenvalue weighted by Crippen LogP contribution is -2.51. The molecule has 4 aliphatic carbocycles. The third-order valence-corrected chi connectivity index (χ3v) is 11.8. The number of nitrogens with zero attached hydrogens (tertiary/aromatic N) is 5. The van der Waals surface area contributed by atoms with Gasteiger partial charge in [0.15, 0.2) is 11.5 Å². The van der Waals surface area contributed by atoms with Crippen molar-refractivity contribution in [2.24, 2.45) is 23.2 Å². The van der Waals surface area contributed by atoms with Crippen LogP contribution in [0, 0.1) is 35.0 Å². The monoisotopic (exact) mass is 654 g/mol. The number of carbonyl (C=O) groups excluding carboxylic acids is 1. The molecule has 11 heteroatoms. The molecule has 47 heavy (non-hydrogen) atoms. The van der Waals surface area contributed by atoms with Crippen LogP contribution < -0.4 is 14.4 Å². The van der Waals surface area contributed by atoms with Crippen LogP contribution in [0.4, 0.5) is 5.82 Å². The van der Waals surface area contributed by atoms with Crippen molar-refractivity contribution in [2.45, 2.75) is 52.0 Å². The van der Waals surface area contributed by atoms with Crippen molar-refractivity contribution in [2.75, 3.05) is 43.4 Å². The molecule has 0 spiro atoms. The lowest BCUT2D eigenvalue weighted by atomic mass is 9.50. The number of rotatable bonds is 9. The van der Waals surface area contributed by atoms with Crippen LogP contribution in [0.5, 0.6) is 5.75 Å². The number of anilines is 1. The van der Waals surface area contributed by atoms with Gasteiger partial charge in [-0.3, -0.25) is 14.7 Å². The molecule has 1 saturated heterocycles. The molecule has 1 aromatic carbocycles. The number of benzene rings is 1. The van der Waals surface area contributed by atoms with Gasteiger partial charge in [0, 0.05) is 50.0 Å². The molecule has 10 nitrogen and oxygen atoms in total. The smallest absolute Gasteiger partial charge is 0.285 e. The maximum absolute atomic E-state index is 13.1. The van der Waals surface area contributed by atoms with Gasteiger partial charge in [0.2, 0.25) is 10.0 Å². The largest absolute Gasteiger partial charge is 0.492 e. The Morgan fingerprint density at radius 3 is 2.36 bits per heavy atom. The lowest BCUT2D eigenvalue weighted by molar-refractivity contribution is -0.0391. The minimum absolute atomic E-state index is 0.0135. The van der Waals surface area contributed by atoms with Crippen LogP contribution in [0.2, 0.25) is 0 Å². The van der Waals surface area contributed by atoms with Crippen molar-refractivity contribution < 1.29 is 17.9 Å². The predicted octanol–water partition coefficient (Wildman–Crippen LogP) is 4.27. The van der Waals surface area contributed by atoms with E-state index in [1.807, 2.05) is 31.2 Å². The summed E-state index contributed by atoms with van der Waals surface area (Å²) in [4.78, 5) is 21.7. The second-order valence-electron chi connectivity index (χ2n) is 13.9. The van der Waals surface area contributed by atoms with Gasteiger partial charge >= 0.3 is 0 Å². The highest BCUT2D eigenvalue weighted by Crippen LogP contribution is 2.60. The molecule has 1 N–H and O–H groups in total. The predicted molar refractivity (Wildman–Crippen MR) is 179 cm³/mol. The van der Waals surface area contributed by atoms with E-state index >= 15 is 0 Å². The summed E-state index contributed by atoms with van der Waals surface area (Å²) >= 11 is 0. The summed E-state index contributed by atoms with van der Waals surface area (Å²) in [5.41, 5.74) is 2.79. The number of sulfonamides is 1. The van der Waals surface area contributed by atoms with Crippen molar-refractivity contribution >= 4 is 21.7 Å². The highest BCUT2D eigenvalue weighted by molar-refractivity contribution is 7.90. The van der Waals surface area contributed by atoms with Gasteiger partial charge in [-0.1, -0.05) is 30.0 Å². The maximum Gasteiger partial charge on any atom is 0.285 e. The Labute approximate surface area is 277 Å². The number of hydrogen-bond donors (Lipinski definition) is 1. The first-order valence-corrected chi connectivity index (χ1v) is 18.4. The van der Waals surface area contributed by atoms with E-state index in [0.717, 1.165) is 68.7 Å². The molecular weight excluding hydrogens is 613 g/mol. The summed E-state index contributed by atoms with van der Waals surface area (Å²) in [6, 6.07) is 13.4. The molecule has 8 rings (SSSR count). The molecule has 3 aromatic rings. The van der Waals surface area contributed by atoms with Gasteiger partial charge in [0.25, 0.3) is 5.91 Å². The Bertz CT molecular complexity index is 1740. The number of piperazine rings is 1. The third kappa shape index (κ3) is 7.44. The van der Waals surface area contributed by atoms with Gasteiger partial charge in [-0.15, -0.1) is 10.2 Å². The molecule has 0 radical (unpaired) electrons. The number of nitrogens with one attached hydrogen (secondary N) is 1. The standard InChI is InChI=1S/C36H42N6O4S/c1-2-46-32-18-26(22-37-23-32)7-8-30-5-3-4-6-31(30)24-41-11-13-42(14-12-41)34-10-9-33(38-39-34)35(43)40-47(44,45)25-36-19-27-15-28(20-36)17-29(16-27)21-36/h3-6,9-10,18,22-23,27-29H,2,11-17,19-21,24-25H2,1H3,(H,40,43). The molecular formula is C36H42N6O4S. The van der Waals surface area contributed by atoms with Crippen molar-refractivity contribution in [3.63, 3.8) is 0 Å². The van der Waals surface area contributed by atoms with Crippen molar-refractivity contribution in [3.8, 4) is 17.6 Å². The highest BCUT2D eigenvalue weighted by Gasteiger charge is 2.52. The molecule has 0 unspecified atom stereocenters. The van der Waals surface area contributed by atoms with Crippen molar-refractivity contribution in [1.29, 1.82) is 0 Å². The van der Waals surface area contributed by atoms with E-state index in [0.29, 0.717) is 35.9 Å². The van der Waals surface area contributed by atoms with Crippen LogP contribution in [0.25, 0.3) is 0 Å². The summed E-state index contributed by atoms with van der Waals surface area (Å²) in [5, 5.41) is 8.41. The molecule has 4 saturated carbocycles. The molecule has 246 valence electrons. The SMILES string of the molecule is CCOc1cncc(C#Cc2ccccc2CN2CCN(c3ccc(C(=O)NS(=O)(=O)CC45CC6CC(CC(C6)C4)C5)nn3)CC2)c1. The van der Waals surface area contributed by atoms with Crippen LogP contribution in [0.1, 0.15) is 72.6 Å². The molecule has 2 aromatic heterocycles. The first kappa shape index (κ1) is 31.6. The number of carbonyl (C=O) groups is 1. The van der Waals surface area contributed by atoms with E-state index in [-0.39, 0.29) is 16.9 Å². The van der Waals surface area contributed by atoms with E-state index in [4.69, 9.17) is 4.74 Å². The van der Waals surface area contributed by atoms with Crippen LogP contribution in [-0.2, 0) is 16.6 Å². The number of hydrogen-bond acceptors (Lipinski definition) is 9. The Morgan fingerprint density at radius 2 is 1.68 bits per heavy atom. The van der Waals surface area contributed by atoms with Gasteiger partial charge < -0.3 is 9.64 Å². The number of ether oxygens (including phenoxy) is 1. The molecule has 0 atom stereocenters. The molecule has 5 aliphatic rings. The average Bonchev–Trinajstić information content (AvgIpc) is 3.04. The summed E-state index contributed by atoms with van der Waals surface area (Å²) < 4.78 is 34.1. The second-order valence-corrected chi connectivity index (χ2v) is 15.6. The van der Waals surface area contributed by atoms with Crippen LogP contribution in [0.3, 0.4) is 0 Å². The molecule has 1 amide bonds. The zero-order valence-corrected chi connectivity index (χ0v) is 27.7. The zero-order chi connectivity index (χ0) is 32.4. The summed E-state index contributed by atoms with van der Waals surface area (Å²) in [5.74, 6) is 9.19.